The van der Waals surface area contributed by atoms with E-state index in [1.807, 2.05) is 12.1 Å². The summed E-state index contributed by atoms with van der Waals surface area (Å²) in [5.74, 6) is -0.121. The van der Waals surface area contributed by atoms with E-state index in [4.69, 9.17) is 19.9 Å². The number of nitrogens with zero attached hydrogens (tertiary/aromatic N) is 1. The first kappa shape index (κ1) is 25.6. The molecule has 0 bridgehead atoms. The minimum absolute atomic E-state index is 0.0497. The van der Waals surface area contributed by atoms with Gasteiger partial charge in [0.1, 0.15) is 29.5 Å². The van der Waals surface area contributed by atoms with Crippen LogP contribution in [-0.4, -0.2) is 53.6 Å². The number of amides is 1. The van der Waals surface area contributed by atoms with Gasteiger partial charge in [-0.05, 0) is 58.7 Å². The molecular formula is C24H23BrN2O6S2. The van der Waals surface area contributed by atoms with Crippen LogP contribution in [-0.2, 0) is 25.7 Å². The first-order valence-corrected chi connectivity index (χ1v) is 13.4. The van der Waals surface area contributed by atoms with Crippen molar-refractivity contribution in [2.75, 3.05) is 19.5 Å². The van der Waals surface area contributed by atoms with Gasteiger partial charge < -0.3 is 19.9 Å². The Hall–Kier alpha value is -2.47. The average Bonchev–Trinajstić information content (AvgIpc) is 2.88. The second-order valence-corrected chi connectivity index (χ2v) is 10.7. The molecule has 2 heterocycles. The predicted molar refractivity (Wildman–Crippen MR) is 137 cm³/mol. The molecule has 2 N–H and O–H groups in total. The number of methoxy groups -OCH3 is 1. The summed E-state index contributed by atoms with van der Waals surface area (Å²) in [4.78, 5) is 40.7. The molecule has 2 aromatic rings. The Morgan fingerprint density at radius 3 is 2.57 bits per heavy atom. The van der Waals surface area contributed by atoms with Crippen LogP contribution in [0.3, 0.4) is 0 Å². The third-order valence-electron chi connectivity index (χ3n) is 5.37. The number of ether oxygens (including phenoxy) is 3. The van der Waals surface area contributed by atoms with E-state index in [0.717, 1.165) is 10.5 Å². The van der Waals surface area contributed by atoms with Gasteiger partial charge in [-0.3, -0.25) is 9.69 Å². The van der Waals surface area contributed by atoms with Crippen molar-refractivity contribution in [2.45, 2.75) is 29.8 Å². The largest absolute Gasteiger partial charge is 0.497 e. The Kier molecular flexibility index (Phi) is 8.10. The van der Waals surface area contributed by atoms with Gasteiger partial charge in [0.15, 0.2) is 0 Å². The average molecular weight is 579 g/mol. The van der Waals surface area contributed by atoms with Crippen LogP contribution in [0.4, 0.5) is 0 Å². The normalized spacial score (nSPS) is 19.1. The molecule has 4 rings (SSSR count). The number of rotatable bonds is 8. The number of hydrogen-bond acceptors (Lipinski definition) is 9. The second-order valence-electron chi connectivity index (χ2n) is 7.60. The lowest BCUT2D eigenvalue weighted by molar-refractivity contribution is -0.151. The first-order valence-electron chi connectivity index (χ1n) is 10.7. The SMILES string of the molecule is CCOC(=O)c1ccc(SC2=C(C(=O)OCc3ccc(OC)cc3)N3C(=O)[C@@H](N)[C@H]3SC2)c(Br)c1. The summed E-state index contributed by atoms with van der Waals surface area (Å²) in [6, 6.07) is 11.6. The summed E-state index contributed by atoms with van der Waals surface area (Å²) < 4.78 is 16.5. The monoisotopic (exact) mass is 578 g/mol. The van der Waals surface area contributed by atoms with E-state index in [0.29, 0.717) is 26.4 Å². The highest BCUT2D eigenvalue weighted by Gasteiger charge is 2.52. The number of nitrogens with two attached hydrogens (primary N) is 1. The fraction of sp³-hybridized carbons (Fsp3) is 0.292. The van der Waals surface area contributed by atoms with Crippen LogP contribution in [0, 0.1) is 0 Å². The third kappa shape index (κ3) is 5.37. The molecule has 1 saturated heterocycles. The van der Waals surface area contributed by atoms with Crippen molar-refractivity contribution in [1.82, 2.24) is 4.90 Å². The van der Waals surface area contributed by atoms with E-state index in [9.17, 15) is 14.4 Å². The molecular weight excluding hydrogens is 556 g/mol. The molecule has 0 radical (unpaired) electrons. The fourth-order valence-corrected chi connectivity index (χ4v) is 6.59. The highest BCUT2D eigenvalue weighted by Crippen LogP contribution is 2.46. The Bertz CT molecular complexity index is 1190. The van der Waals surface area contributed by atoms with Crippen molar-refractivity contribution in [2.24, 2.45) is 5.73 Å². The molecule has 2 aromatic carbocycles. The van der Waals surface area contributed by atoms with E-state index in [1.165, 1.54) is 28.4 Å². The maximum Gasteiger partial charge on any atom is 0.356 e. The van der Waals surface area contributed by atoms with Gasteiger partial charge in [0.25, 0.3) is 0 Å². The van der Waals surface area contributed by atoms with Gasteiger partial charge in [0, 0.05) is 20.0 Å². The number of halogens is 1. The zero-order chi connectivity index (χ0) is 25.1. The molecule has 8 nitrogen and oxygen atoms in total. The lowest BCUT2D eigenvalue weighted by Crippen LogP contribution is -2.68. The highest BCUT2D eigenvalue weighted by molar-refractivity contribution is 9.10. The van der Waals surface area contributed by atoms with Gasteiger partial charge in [0.2, 0.25) is 5.91 Å². The van der Waals surface area contributed by atoms with Crippen molar-refractivity contribution in [3.8, 4) is 5.75 Å². The van der Waals surface area contributed by atoms with Gasteiger partial charge >= 0.3 is 11.9 Å². The van der Waals surface area contributed by atoms with E-state index in [1.54, 1.807) is 44.4 Å². The summed E-state index contributed by atoms with van der Waals surface area (Å²) in [5, 5.41) is -0.301. The molecule has 184 valence electrons. The number of esters is 2. The summed E-state index contributed by atoms with van der Waals surface area (Å²) in [6.07, 6.45) is 0. The lowest BCUT2D eigenvalue weighted by atomic mass is 10.1. The van der Waals surface area contributed by atoms with Gasteiger partial charge in [-0.15, -0.1) is 11.8 Å². The summed E-state index contributed by atoms with van der Waals surface area (Å²) in [7, 11) is 1.58. The zero-order valence-corrected chi connectivity index (χ0v) is 22.2. The molecule has 2 aliphatic heterocycles. The number of hydrogen-bond donors (Lipinski definition) is 1. The number of carbonyl (C=O) groups is 3. The number of thioether (sulfide) groups is 2. The van der Waals surface area contributed by atoms with Crippen molar-refractivity contribution >= 4 is 57.3 Å². The van der Waals surface area contributed by atoms with Gasteiger partial charge in [-0.25, -0.2) is 9.59 Å². The number of fused-ring (bicyclic) bond motifs is 1. The van der Waals surface area contributed by atoms with E-state index in [2.05, 4.69) is 15.9 Å². The molecule has 0 aromatic heterocycles. The van der Waals surface area contributed by atoms with Gasteiger partial charge in [0.05, 0.1) is 19.3 Å². The molecule has 0 aliphatic carbocycles. The number of carbonyl (C=O) groups excluding carboxylic acids is 3. The van der Waals surface area contributed by atoms with Crippen molar-refractivity contribution in [3.63, 3.8) is 0 Å². The lowest BCUT2D eigenvalue weighted by Gasteiger charge is -2.48. The van der Waals surface area contributed by atoms with Crippen LogP contribution < -0.4 is 10.5 Å². The van der Waals surface area contributed by atoms with Gasteiger partial charge in [-0.1, -0.05) is 23.9 Å². The van der Waals surface area contributed by atoms with Crippen LogP contribution in [0.2, 0.25) is 0 Å². The molecule has 0 unspecified atom stereocenters. The van der Waals surface area contributed by atoms with E-state index >= 15 is 0 Å². The van der Waals surface area contributed by atoms with Crippen molar-refractivity contribution in [3.05, 3.63) is 68.7 Å². The van der Waals surface area contributed by atoms with Crippen LogP contribution in [0.25, 0.3) is 0 Å². The minimum Gasteiger partial charge on any atom is -0.497 e. The maximum absolute atomic E-state index is 13.2. The Morgan fingerprint density at radius 2 is 1.91 bits per heavy atom. The quantitative estimate of drug-likeness (QED) is 0.368. The molecule has 1 fully saturated rings. The van der Waals surface area contributed by atoms with Crippen molar-refractivity contribution < 1.29 is 28.6 Å². The van der Waals surface area contributed by atoms with Gasteiger partial charge in [-0.2, -0.15) is 0 Å². The molecule has 0 spiro atoms. The van der Waals surface area contributed by atoms with E-state index < -0.39 is 18.0 Å². The Balaban J connectivity index is 1.58. The summed E-state index contributed by atoms with van der Waals surface area (Å²) >= 11 is 6.34. The second kappa shape index (κ2) is 11.1. The van der Waals surface area contributed by atoms with E-state index in [-0.39, 0.29) is 30.2 Å². The molecule has 2 aliphatic rings. The van der Waals surface area contributed by atoms with Crippen LogP contribution >= 0.6 is 39.5 Å². The number of β-lactam (4-membered cyclic amide) rings is 1. The molecule has 0 saturated carbocycles. The first-order chi connectivity index (χ1) is 16.8. The topological polar surface area (TPSA) is 108 Å². The van der Waals surface area contributed by atoms with Crippen LogP contribution in [0.1, 0.15) is 22.8 Å². The zero-order valence-electron chi connectivity index (χ0n) is 19.0. The summed E-state index contributed by atoms with van der Waals surface area (Å²) in [6.45, 7) is 2.08. The maximum atomic E-state index is 13.2. The smallest absolute Gasteiger partial charge is 0.356 e. The predicted octanol–water partition coefficient (Wildman–Crippen LogP) is 3.92. The minimum atomic E-state index is -0.647. The Labute approximate surface area is 219 Å². The Morgan fingerprint density at radius 1 is 1.17 bits per heavy atom. The van der Waals surface area contributed by atoms with Crippen LogP contribution in [0.15, 0.2) is 62.4 Å². The van der Waals surface area contributed by atoms with Crippen LogP contribution in [0.5, 0.6) is 5.75 Å². The highest BCUT2D eigenvalue weighted by atomic mass is 79.9. The molecule has 1 amide bonds. The summed E-state index contributed by atoms with van der Waals surface area (Å²) in [5.41, 5.74) is 7.38. The molecule has 11 heteroatoms. The molecule has 2 atom stereocenters. The molecule has 35 heavy (non-hydrogen) atoms. The van der Waals surface area contributed by atoms with Crippen molar-refractivity contribution in [1.29, 1.82) is 0 Å². The fourth-order valence-electron chi connectivity index (χ4n) is 3.55. The standard InChI is InChI=1S/C24H23BrN2O6S2/c1-3-32-23(29)14-6-9-17(16(25)10-14)35-18-12-34-22-19(26)21(28)27(22)20(18)24(30)33-11-13-4-7-15(31-2)8-5-13/h4-10,19,22H,3,11-12,26H2,1-2H3/t19-,22-/m1/s1. The third-order valence-corrected chi connectivity index (χ3v) is 8.94. The number of benzene rings is 2.